The first-order chi connectivity index (χ1) is 7.49. The standard InChI is InChI=1S/C15H21N/c1-11-4-9-14(15(2,3)10-11)12-5-7-13(16)8-6-12/h4-8,14H,9-10,16H2,1-3H3. The third kappa shape index (κ3) is 2.13. The lowest BCUT2D eigenvalue weighted by Gasteiger charge is -2.38. The number of rotatable bonds is 1. The minimum absolute atomic E-state index is 0.356. The summed E-state index contributed by atoms with van der Waals surface area (Å²) in [5.41, 5.74) is 9.89. The van der Waals surface area contributed by atoms with Crippen LogP contribution in [0.3, 0.4) is 0 Å². The average Bonchev–Trinajstić information content (AvgIpc) is 2.18. The van der Waals surface area contributed by atoms with Gasteiger partial charge in [0.05, 0.1) is 0 Å². The Morgan fingerprint density at radius 3 is 2.38 bits per heavy atom. The number of hydrogen-bond acceptors (Lipinski definition) is 1. The fourth-order valence-electron chi connectivity index (χ4n) is 2.87. The van der Waals surface area contributed by atoms with Gasteiger partial charge in [-0.25, -0.2) is 0 Å². The van der Waals surface area contributed by atoms with Gasteiger partial charge in [-0.15, -0.1) is 0 Å². The van der Waals surface area contributed by atoms with Crippen molar-refractivity contribution in [1.82, 2.24) is 0 Å². The van der Waals surface area contributed by atoms with Gasteiger partial charge in [0.2, 0.25) is 0 Å². The molecule has 86 valence electrons. The molecule has 0 aromatic heterocycles. The number of hydrogen-bond donors (Lipinski definition) is 1. The van der Waals surface area contributed by atoms with Gasteiger partial charge in [-0.2, -0.15) is 0 Å². The van der Waals surface area contributed by atoms with Crippen molar-refractivity contribution in [3.63, 3.8) is 0 Å². The van der Waals surface area contributed by atoms with E-state index >= 15 is 0 Å². The number of allylic oxidation sites excluding steroid dienone is 2. The summed E-state index contributed by atoms with van der Waals surface area (Å²) in [6.45, 7) is 6.97. The predicted molar refractivity (Wildman–Crippen MR) is 70.4 cm³/mol. The van der Waals surface area contributed by atoms with Crippen molar-refractivity contribution >= 4 is 5.69 Å². The molecule has 0 radical (unpaired) electrons. The molecule has 1 heteroatoms. The quantitative estimate of drug-likeness (QED) is 0.553. The molecular weight excluding hydrogens is 194 g/mol. The SMILES string of the molecule is CC1=CCC(c2ccc(N)cc2)C(C)(C)C1. The van der Waals surface area contributed by atoms with Gasteiger partial charge in [0.1, 0.15) is 0 Å². The van der Waals surface area contributed by atoms with Gasteiger partial charge >= 0.3 is 0 Å². The summed E-state index contributed by atoms with van der Waals surface area (Å²) in [5, 5.41) is 0. The normalized spacial score (nSPS) is 23.9. The molecule has 1 unspecified atom stereocenters. The van der Waals surface area contributed by atoms with Gasteiger partial charge in [0.25, 0.3) is 0 Å². The third-order valence-corrected chi connectivity index (χ3v) is 3.72. The summed E-state index contributed by atoms with van der Waals surface area (Å²) in [6, 6.07) is 8.37. The highest BCUT2D eigenvalue weighted by atomic mass is 14.5. The van der Waals surface area contributed by atoms with Gasteiger partial charge in [0.15, 0.2) is 0 Å². The Hall–Kier alpha value is -1.24. The van der Waals surface area contributed by atoms with Gasteiger partial charge in [-0.1, -0.05) is 37.6 Å². The summed E-state index contributed by atoms with van der Waals surface area (Å²) < 4.78 is 0. The van der Waals surface area contributed by atoms with Crippen molar-refractivity contribution in [3.05, 3.63) is 41.5 Å². The molecule has 0 fully saturated rings. The van der Waals surface area contributed by atoms with Crippen molar-refractivity contribution in [2.24, 2.45) is 5.41 Å². The number of nitrogens with two attached hydrogens (primary N) is 1. The first-order valence-corrected chi connectivity index (χ1v) is 6.00. The average molecular weight is 215 g/mol. The van der Waals surface area contributed by atoms with Crippen LogP contribution >= 0.6 is 0 Å². The molecule has 1 aliphatic rings. The van der Waals surface area contributed by atoms with Crippen molar-refractivity contribution in [3.8, 4) is 0 Å². The van der Waals surface area contributed by atoms with Crippen LogP contribution in [0.15, 0.2) is 35.9 Å². The van der Waals surface area contributed by atoms with Crippen LogP contribution < -0.4 is 5.73 Å². The highest BCUT2D eigenvalue weighted by Crippen LogP contribution is 2.46. The zero-order valence-corrected chi connectivity index (χ0v) is 10.5. The van der Waals surface area contributed by atoms with Crippen molar-refractivity contribution in [2.45, 2.75) is 39.5 Å². The fourth-order valence-corrected chi connectivity index (χ4v) is 2.87. The molecule has 16 heavy (non-hydrogen) atoms. The van der Waals surface area contributed by atoms with Crippen LogP contribution in [0.1, 0.15) is 45.1 Å². The predicted octanol–water partition coefficient (Wildman–Crippen LogP) is 4.12. The van der Waals surface area contributed by atoms with E-state index in [1.165, 1.54) is 17.6 Å². The van der Waals surface area contributed by atoms with Crippen LogP contribution in [-0.2, 0) is 0 Å². The largest absolute Gasteiger partial charge is 0.399 e. The Bertz CT molecular complexity index is 398. The van der Waals surface area contributed by atoms with E-state index in [4.69, 9.17) is 5.73 Å². The molecule has 0 amide bonds. The smallest absolute Gasteiger partial charge is 0.0314 e. The lowest BCUT2D eigenvalue weighted by molar-refractivity contribution is 0.268. The maximum absolute atomic E-state index is 5.73. The van der Waals surface area contributed by atoms with Crippen LogP contribution in [-0.4, -0.2) is 0 Å². The molecule has 1 nitrogen and oxygen atoms in total. The molecule has 2 rings (SSSR count). The first-order valence-electron chi connectivity index (χ1n) is 6.00. The van der Waals surface area contributed by atoms with Crippen molar-refractivity contribution in [1.29, 1.82) is 0 Å². The summed E-state index contributed by atoms with van der Waals surface area (Å²) in [4.78, 5) is 0. The summed E-state index contributed by atoms with van der Waals surface area (Å²) in [5.74, 6) is 0.622. The van der Waals surface area contributed by atoms with Crippen LogP contribution in [0.5, 0.6) is 0 Å². The molecule has 1 aliphatic carbocycles. The second kappa shape index (κ2) is 3.97. The van der Waals surface area contributed by atoms with Crippen molar-refractivity contribution < 1.29 is 0 Å². The molecule has 0 saturated heterocycles. The number of benzene rings is 1. The third-order valence-electron chi connectivity index (χ3n) is 3.72. The van der Waals surface area contributed by atoms with Crippen LogP contribution in [0.4, 0.5) is 5.69 Å². The Kier molecular flexibility index (Phi) is 2.79. The zero-order valence-electron chi connectivity index (χ0n) is 10.5. The minimum Gasteiger partial charge on any atom is -0.399 e. The number of nitrogen functional groups attached to an aromatic ring is 1. The van der Waals surface area contributed by atoms with E-state index < -0.39 is 0 Å². The Balaban J connectivity index is 2.30. The molecule has 1 aromatic rings. The molecule has 0 aliphatic heterocycles. The first kappa shape index (κ1) is 11.3. The monoisotopic (exact) mass is 215 g/mol. The molecule has 0 bridgehead atoms. The van der Waals surface area contributed by atoms with Gasteiger partial charge in [-0.3, -0.25) is 0 Å². The maximum Gasteiger partial charge on any atom is 0.0314 e. The molecule has 1 aromatic carbocycles. The second-order valence-corrected chi connectivity index (χ2v) is 5.67. The Morgan fingerprint density at radius 2 is 1.81 bits per heavy atom. The minimum atomic E-state index is 0.356. The maximum atomic E-state index is 5.73. The van der Waals surface area contributed by atoms with E-state index in [1.54, 1.807) is 0 Å². The second-order valence-electron chi connectivity index (χ2n) is 5.67. The molecular formula is C15H21N. The molecule has 0 saturated carbocycles. The van der Waals surface area contributed by atoms with Crippen LogP contribution in [0, 0.1) is 5.41 Å². The number of anilines is 1. The Labute approximate surface area is 98.4 Å². The van der Waals surface area contributed by atoms with Gasteiger partial charge in [-0.05, 0) is 48.8 Å². The van der Waals surface area contributed by atoms with Crippen LogP contribution in [0.25, 0.3) is 0 Å². The Morgan fingerprint density at radius 1 is 1.19 bits per heavy atom. The van der Waals surface area contributed by atoms with Crippen molar-refractivity contribution in [2.75, 3.05) is 5.73 Å². The molecule has 0 heterocycles. The topological polar surface area (TPSA) is 26.0 Å². The summed E-state index contributed by atoms with van der Waals surface area (Å²) in [7, 11) is 0. The van der Waals surface area contributed by atoms with E-state index in [0.29, 0.717) is 11.3 Å². The molecule has 0 spiro atoms. The van der Waals surface area contributed by atoms with E-state index in [0.717, 1.165) is 12.1 Å². The summed E-state index contributed by atoms with van der Waals surface area (Å²) in [6.07, 6.45) is 4.73. The van der Waals surface area contributed by atoms with Gasteiger partial charge in [0, 0.05) is 5.69 Å². The lowest BCUT2D eigenvalue weighted by atomic mass is 9.67. The highest BCUT2D eigenvalue weighted by Gasteiger charge is 2.32. The van der Waals surface area contributed by atoms with E-state index in [9.17, 15) is 0 Å². The lowest BCUT2D eigenvalue weighted by Crippen LogP contribution is -2.25. The van der Waals surface area contributed by atoms with Gasteiger partial charge < -0.3 is 5.73 Å². The van der Waals surface area contributed by atoms with E-state index in [-0.39, 0.29) is 0 Å². The fraction of sp³-hybridized carbons (Fsp3) is 0.467. The zero-order chi connectivity index (χ0) is 11.8. The van der Waals surface area contributed by atoms with E-state index in [1.807, 2.05) is 12.1 Å². The van der Waals surface area contributed by atoms with E-state index in [2.05, 4.69) is 39.0 Å². The summed E-state index contributed by atoms with van der Waals surface area (Å²) >= 11 is 0. The van der Waals surface area contributed by atoms with Crippen LogP contribution in [0.2, 0.25) is 0 Å². The highest BCUT2D eigenvalue weighted by molar-refractivity contribution is 5.41. The molecule has 1 atom stereocenters. The molecule has 2 N–H and O–H groups in total.